The molecule has 2 N–H and O–H groups in total. The van der Waals surface area contributed by atoms with E-state index >= 15 is 0 Å². The van der Waals surface area contributed by atoms with Crippen LogP contribution in [0.1, 0.15) is 19.3 Å². The first-order chi connectivity index (χ1) is 7.74. The van der Waals surface area contributed by atoms with Gasteiger partial charge in [-0.1, -0.05) is 0 Å². The second kappa shape index (κ2) is 4.97. The molecule has 0 amide bonds. The van der Waals surface area contributed by atoms with E-state index in [0.29, 0.717) is 13.0 Å². The summed E-state index contributed by atoms with van der Waals surface area (Å²) in [6.45, 7) is 0.523. The highest BCUT2D eigenvalue weighted by Gasteiger charge is 2.31. The van der Waals surface area contributed by atoms with E-state index in [1.54, 1.807) is 19.3 Å². The van der Waals surface area contributed by atoms with Crippen molar-refractivity contribution < 1.29 is 13.9 Å². The first-order valence-corrected chi connectivity index (χ1v) is 5.70. The molecule has 0 aromatic carbocycles. The van der Waals surface area contributed by atoms with Gasteiger partial charge in [0.1, 0.15) is 11.9 Å². The van der Waals surface area contributed by atoms with Crippen molar-refractivity contribution in [3.63, 3.8) is 0 Å². The molecule has 3 nitrogen and oxygen atoms in total. The zero-order chi connectivity index (χ0) is 11.5. The van der Waals surface area contributed by atoms with E-state index < -0.39 is 6.17 Å². The Labute approximate surface area is 95.1 Å². The molecule has 4 heteroatoms. The second-order valence-electron chi connectivity index (χ2n) is 4.21. The van der Waals surface area contributed by atoms with Crippen molar-refractivity contribution in [1.29, 1.82) is 0 Å². The van der Waals surface area contributed by atoms with Crippen molar-refractivity contribution in [1.82, 2.24) is 0 Å². The standard InChI is InChI=1S/C12H18FNO2/c1-15-11-4-2-8(13)6-10(11)12-5-3-9(7-14)16-12/h4,6,8-9,12H,2-3,5,7,14H2,1H3. The number of rotatable bonds is 3. The first kappa shape index (κ1) is 11.6. The third-order valence-electron chi connectivity index (χ3n) is 3.11. The molecule has 1 saturated heterocycles. The van der Waals surface area contributed by atoms with E-state index in [2.05, 4.69) is 0 Å². The van der Waals surface area contributed by atoms with E-state index in [-0.39, 0.29) is 12.2 Å². The Morgan fingerprint density at radius 3 is 3.00 bits per heavy atom. The maximum Gasteiger partial charge on any atom is 0.123 e. The fourth-order valence-corrected chi connectivity index (χ4v) is 2.26. The predicted molar refractivity (Wildman–Crippen MR) is 59.6 cm³/mol. The van der Waals surface area contributed by atoms with Crippen molar-refractivity contribution in [2.45, 2.75) is 37.6 Å². The van der Waals surface area contributed by atoms with Gasteiger partial charge in [-0.2, -0.15) is 0 Å². The van der Waals surface area contributed by atoms with Crippen LogP contribution in [-0.4, -0.2) is 32.0 Å². The molecule has 1 heterocycles. The van der Waals surface area contributed by atoms with Gasteiger partial charge in [-0.25, -0.2) is 4.39 Å². The highest BCUT2D eigenvalue weighted by atomic mass is 19.1. The molecular weight excluding hydrogens is 209 g/mol. The van der Waals surface area contributed by atoms with Crippen LogP contribution in [0.15, 0.2) is 23.5 Å². The van der Waals surface area contributed by atoms with Crippen LogP contribution in [-0.2, 0) is 9.47 Å². The third-order valence-corrected chi connectivity index (χ3v) is 3.11. The summed E-state index contributed by atoms with van der Waals surface area (Å²) in [7, 11) is 1.60. The van der Waals surface area contributed by atoms with Crippen molar-refractivity contribution in [2.75, 3.05) is 13.7 Å². The molecule has 2 aliphatic rings. The molecule has 3 atom stereocenters. The molecule has 16 heavy (non-hydrogen) atoms. The molecule has 0 saturated carbocycles. The summed E-state index contributed by atoms with van der Waals surface area (Å²) in [6, 6.07) is 0. The Morgan fingerprint density at radius 2 is 2.38 bits per heavy atom. The lowest BCUT2D eigenvalue weighted by Gasteiger charge is -2.22. The largest absolute Gasteiger partial charge is 0.497 e. The van der Waals surface area contributed by atoms with E-state index in [4.69, 9.17) is 15.2 Å². The lowest BCUT2D eigenvalue weighted by atomic mass is 9.97. The summed E-state index contributed by atoms with van der Waals surface area (Å²) < 4.78 is 24.3. The number of ether oxygens (including phenoxy) is 2. The summed E-state index contributed by atoms with van der Waals surface area (Å²) in [5.41, 5.74) is 6.40. The average Bonchev–Trinajstić information content (AvgIpc) is 2.77. The molecule has 1 fully saturated rings. The molecule has 2 rings (SSSR count). The van der Waals surface area contributed by atoms with Gasteiger partial charge in [0.05, 0.1) is 19.3 Å². The SMILES string of the molecule is COC1=CCC(F)C=C1C1CCC(CN)O1. The van der Waals surface area contributed by atoms with Crippen molar-refractivity contribution in [3.8, 4) is 0 Å². The van der Waals surface area contributed by atoms with Crippen LogP contribution in [0.3, 0.4) is 0 Å². The van der Waals surface area contributed by atoms with E-state index in [1.165, 1.54) is 0 Å². The minimum absolute atomic E-state index is 0.0571. The molecule has 0 bridgehead atoms. The number of allylic oxidation sites excluding steroid dienone is 2. The number of hydrogen-bond donors (Lipinski definition) is 1. The highest BCUT2D eigenvalue weighted by molar-refractivity contribution is 5.34. The van der Waals surface area contributed by atoms with Gasteiger partial charge in [0.15, 0.2) is 0 Å². The predicted octanol–water partition coefficient (Wildman–Crippen LogP) is 1.69. The van der Waals surface area contributed by atoms with Crippen LogP contribution in [0, 0.1) is 0 Å². The van der Waals surface area contributed by atoms with Gasteiger partial charge < -0.3 is 15.2 Å². The number of halogens is 1. The van der Waals surface area contributed by atoms with Gasteiger partial charge in [-0.3, -0.25) is 0 Å². The number of methoxy groups -OCH3 is 1. The quantitative estimate of drug-likeness (QED) is 0.798. The van der Waals surface area contributed by atoms with Gasteiger partial charge >= 0.3 is 0 Å². The van der Waals surface area contributed by atoms with Crippen molar-refractivity contribution >= 4 is 0 Å². The fraction of sp³-hybridized carbons (Fsp3) is 0.667. The molecule has 0 aromatic heterocycles. The minimum Gasteiger partial charge on any atom is -0.497 e. The summed E-state index contributed by atoms with van der Waals surface area (Å²) in [6.07, 6.45) is 4.74. The Hall–Kier alpha value is -0.870. The molecule has 90 valence electrons. The van der Waals surface area contributed by atoms with E-state index in [9.17, 15) is 4.39 Å². The highest BCUT2D eigenvalue weighted by Crippen LogP contribution is 2.32. The zero-order valence-electron chi connectivity index (χ0n) is 9.49. The van der Waals surface area contributed by atoms with E-state index in [1.807, 2.05) is 0 Å². The average molecular weight is 227 g/mol. The van der Waals surface area contributed by atoms with Crippen molar-refractivity contribution in [2.24, 2.45) is 5.73 Å². The molecule has 0 aromatic rings. The molecule has 0 radical (unpaired) electrons. The Morgan fingerprint density at radius 1 is 1.56 bits per heavy atom. The summed E-state index contributed by atoms with van der Waals surface area (Å²) >= 11 is 0. The number of hydrogen-bond acceptors (Lipinski definition) is 3. The van der Waals surface area contributed by atoms with Crippen LogP contribution < -0.4 is 5.73 Å². The summed E-state index contributed by atoms with van der Waals surface area (Å²) in [4.78, 5) is 0. The second-order valence-corrected chi connectivity index (χ2v) is 4.21. The minimum atomic E-state index is -0.922. The van der Waals surface area contributed by atoms with Gasteiger partial charge in [0.2, 0.25) is 0 Å². The van der Waals surface area contributed by atoms with Crippen LogP contribution in [0.25, 0.3) is 0 Å². The Kier molecular flexibility index (Phi) is 3.61. The molecule has 1 aliphatic heterocycles. The van der Waals surface area contributed by atoms with E-state index in [0.717, 1.165) is 24.2 Å². The van der Waals surface area contributed by atoms with Gasteiger partial charge in [0.25, 0.3) is 0 Å². The molecule has 1 aliphatic carbocycles. The Balaban J connectivity index is 2.10. The lowest BCUT2D eigenvalue weighted by molar-refractivity contribution is 0.0663. The fourth-order valence-electron chi connectivity index (χ4n) is 2.26. The molecule has 3 unspecified atom stereocenters. The topological polar surface area (TPSA) is 44.5 Å². The summed E-state index contributed by atoms with van der Waals surface area (Å²) in [5.74, 6) is 0.747. The van der Waals surface area contributed by atoms with Crippen molar-refractivity contribution in [3.05, 3.63) is 23.5 Å². The maximum atomic E-state index is 13.3. The van der Waals surface area contributed by atoms with Gasteiger partial charge in [0, 0.05) is 18.5 Å². The summed E-state index contributed by atoms with van der Waals surface area (Å²) in [5, 5.41) is 0. The first-order valence-electron chi connectivity index (χ1n) is 5.70. The number of alkyl halides is 1. The zero-order valence-corrected chi connectivity index (χ0v) is 9.49. The monoisotopic (exact) mass is 227 g/mol. The van der Waals surface area contributed by atoms with Gasteiger partial charge in [-0.05, 0) is 25.0 Å². The maximum absolute atomic E-state index is 13.3. The van der Waals surface area contributed by atoms with Crippen LogP contribution in [0.5, 0.6) is 0 Å². The van der Waals surface area contributed by atoms with Gasteiger partial charge in [-0.15, -0.1) is 0 Å². The van der Waals surface area contributed by atoms with Crippen LogP contribution >= 0.6 is 0 Å². The third kappa shape index (κ3) is 2.28. The van der Waals surface area contributed by atoms with Crippen LogP contribution in [0.2, 0.25) is 0 Å². The lowest BCUT2D eigenvalue weighted by Crippen LogP contribution is -2.23. The number of nitrogens with two attached hydrogens (primary N) is 1. The smallest absolute Gasteiger partial charge is 0.123 e. The normalized spacial score (nSPS) is 34.6. The molecular formula is C12H18FNO2. The molecule has 0 spiro atoms. The van der Waals surface area contributed by atoms with Crippen LogP contribution in [0.4, 0.5) is 4.39 Å². The Bertz CT molecular complexity index is 314.